The predicted molar refractivity (Wildman–Crippen MR) is 63.7 cm³/mol. The molecule has 1 saturated heterocycles. The second-order valence-corrected chi connectivity index (χ2v) is 7.51. The van der Waals surface area contributed by atoms with Gasteiger partial charge in [0.25, 0.3) is 10.1 Å². The number of hydrogen-bond donors (Lipinski definition) is 0. The molecule has 0 aromatic rings. The molecular formula is C10H15Cl3O3. The van der Waals surface area contributed by atoms with Crippen molar-refractivity contribution in [3.63, 3.8) is 0 Å². The Bertz CT molecular complexity index is 293. The molecule has 1 heterocycles. The molecule has 0 aromatic heterocycles. The summed E-state index contributed by atoms with van der Waals surface area (Å²) in [6.45, 7) is 7.69. The molecule has 1 fully saturated rings. The van der Waals surface area contributed by atoms with Gasteiger partial charge in [-0.05, 0) is 12.3 Å². The van der Waals surface area contributed by atoms with Gasteiger partial charge in [0.2, 0.25) is 0 Å². The fraction of sp³-hybridized carbons (Fsp3) is 0.900. The lowest BCUT2D eigenvalue weighted by molar-refractivity contribution is -0.262. The summed E-state index contributed by atoms with van der Waals surface area (Å²) in [5.74, 6) is -0.417. The van der Waals surface area contributed by atoms with Crippen LogP contribution in [0.25, 0.3) is 0 Å². The maximum atomic E-state index is 11.5. The summed E-state index contributed by atoms with van der Waals surface area (Å²) in [5.41, 5.74) is -0.975. The first-order valence-electron chi connectivity index (χ1n) is 4.90. The van der Waals surface area contributed by atoms with Crippen molar-refractivity contribution >= 4 is 40.8 Å². The fourth-order valence-electron chi connectivity index (χ4n) is 1.31. The van der Waals surface area contributed by atoms with Gasteiger partial charge in [-0.15, -0.1) is 0 Å². The summed E-state index contributed by atoms with van der Waals surface area (Å²) in [5, 5.41) is 0. The summed E-state index contributed by atoms with van der Waals surface area (Å²) < 4.78 is 8.74. The lowest BCUT2D eigenvalue weighted by atomic mass is 9.75. The van der Waals surface area contributed by atoms with Gasteiger partial charge in [0.15, 0.2) is 0 Å². The van der Waals surface area contributed by atoms with Crippen molar-refractivity contribution in [2.45, 2.75) is 49.8 Å². The van der Waals surface area contributed by atoms with E-state index in [0.29, 0.717) is 0 Å². The molecule has 0 amide bonds. The van der Waals surface area contributed by atoms with Crippen molar-refractivity contribution in [2.75, 3.05) is 0 Å². The Morgan fingerprint density at radius 1 is 1.31 bits per heavy atom. The molecule has 2 atom stereocenters. The second-order valence-electron chi connectivity index (χ2n) is 5.14. The van der Waals surface area contributed by atoms with Gasteiger partial charge in [0.05, 0.1) is 12.0 Å². The van der Waals surface area contributed by atoms with Crippen molar-refractivity contribution in [1.82, 2.24) is 0 Å². The molecule has 1 rings (SSSR count). The van der Waals surface area contributed by atoms with Crippen molar-refractivity contribution in [2.24, 2.45) is 5.41 Å². The molecule has 6 heteroatoms. The summed E-state index contributed by atoms with van der Waals surface area (Å²) in [4.78, 5) is 11.5. The number of carbonyl (C=O) groups excluding carboxylic acids is 1. The molecular weight excluding hydrogens is 274 g/mol. The molecule has 3 nitrogen and oxygen atoms in total. The van der Waals surface area contributed by atoms with E-state index >= 15 is 0 Å². The largest absolute Gasteiger partial charge is 0.431 e. The van der Waals surface area contributed by atoms with Gasteiger partial charge in [-0.2, -0.15) is 0 Å². The molecule has 0 bridgehead atoms. The molecule has 1 aliphatic rings. The first-order valence-corrected chi connectivity index (χ1v) is 6.03. The number of carbonyl (C=O) groups is 1. The highest BCUT2D eigenvalue weighted by atomic mass is 35.6. The van der Waals surface area contributed by atoms with Crippen LogP contribution in [0.15, 0.2) is 0 Å². The molecule has 0 unspecified atom stereocenters. The van der Waals surface area contributed by atoms with Gasteiger partial charge in [-0.3, -0.25) is 4.79 Å². The van der Waals surface area contributed by atoms with E-state index < -0.39 is 21.7 Å². The Labute approximate surface area is 110 Å². The SMILES string of the molecule is CC(C)(C)[C@@]1(C)CC(=O)O[C@@H](C(Cl)(Cl)Cl)O1. The van der Waals surface area contributed by atoms with Crippen LogP contribution in [0.4, 0.5) is 0 Å². The molecule has 0 radical (unpaired) electrons. The van der Waals surface area contributed by atoms with Crippen molar-refractivity contribution in [3.05, 3.63) is 0 Å². The summed E-state index contributed by atoms with van der Waals surface area (Å²) in [6.07, 6.45) is -1.02. The van der Waals surface area contributed by atoms with Crippen molar-refractivity contribution in [3.8, 4) is 0 Å². The van der Waals surface area contributed by atoms with E-state index in [1.165, 1.54) is 0 Å². The van der Waals surface area contributed by atoms with E-state index in [9.17, 15) is 4.79 Å². The van der Waals surface area contributed by atoms with E-state index in [-0.39, 0.29) is 11.8 Å². The van der Waals surface area contributed by atoms with E-state index in [4.69, 9.17) is 44.3 Å². The number of cyclic esters (lactones) is 1. The molecule has 0 aliphatic carbocycles. The molecule has 0 aromatic carbocycles. The molecule has 0 N–H and O–H groups in total. The lowest BCUT2D eigenvalue weighted by Crippen LogP contribution is -2.54. The maximum absolute atomic E-state index is 11.5. The zero-order chi connectivity index (χ0) is 12.8. The van der Waals surface area contributed by atoms with Gasteiger partial charge in [-0.1, -0.05) is 55.6 Å². The van der Waals surface area contributed by atoms with Gasteiger partial charge >= 0.3 is 5.97 Å². The summed E-state index contributed by atoms with van der Waals surface area (Å²) >= 11 is 17.0. The van der Waals surface area contributed by atoms with Crippen LogP contribution in [0, 0.1) is 5.41 Å². The smallest absolute Gasteiger partial charge is 0.311 e. The number of halogens is 3. The maximum Gasteiger partial charge on any atom is 0.311 e. The Morgan fingerprint density at radius 2 is 1.81 bits per heavy atom. The highest BCUT2D eigenvalue weighted by molar-refractivity contribution is 6.68. The highest BCUT2D eigenvalue weighted by Crippen LogP contribution is 2.45. The van der Waals surface area contributed by atoms with Crippen LogP contribution in [0.5, 0.6) is 0 Å². The fourth-order valence-corrected chi connectivity index (χ4v) is 1.58. The molecule has 94 valence electrons. The topological polar surface area (TPSA) is 35.5 Å². The van der Waals surface area contributed by atoms with Crippen LogP contribution < -0.4 is 0 Å². The lowest BCUT2D eigenvalue weighted by Gasteiger charge is -2.47. The number of esters is 1. The summed E-state index contributed by atoms with van der Waals surface area (Å²) in [6, 6.07) is 0. The zero-order valence-electron chi connectivity index (χ0n) is 9.64. The van der Waals surface area contributed by atoms with Crippen LogP contribution >= 0.6 is 34.8 Å². The molecule has 0 saturated carbocycles. The second kappa shape index (κ2) is 4.20. The molecule has 16 heavy (non-hydrogen) atoms. The zero-order valence-corrected chi connectivity index (χ0v) is 11.9. The molecule has 0 spiro atoms. The van der Waals surface area contributed by atoms with Gasteiger partial charge < -0.3 is 9.47 Å². The Morgan fingerprint density at radius 3 is 2.19 bits per heavy atom. The van der Waals surface area contributed by atoms with E-state index in [0.717, 1.165) is 0 Å². The van der Waals surface area contributed by atoms with Gasteiger partial charge in [0, 0.05) is 0 Å². The van der Waals surface area contributed by atoms with E-state index in [1.807, 2.05) is 27.7 Å². The number of ether oxygens (including phenoxy) is 2. The minimum atomic E-state index is -1.78. The minimum Gasteiger partial charge on any atom is -0.431 e. The predicted octanol–water partition coefficient (Wildman–Crippen LogP) is 3.45. The standard InChI is InChI=1S/C10H15Cl3O3/c1-8(2,3)9(4)5-6(14)15-7(16-9)10(11,12)13/h7H,5H2,1-4H3/t7-,9-/m1/s1. The van der Waals surface area contributed by atoms with Gasteiger partial charge in [0.1, 0.15) is 0 Å². The highest BCUT2D eigenvalue weighted by Gasteiger charge is 2.52. The van der Waals surface area contributed by atoms with E-state index in [2.05, 4.69) is 0 Å². The van der Waals surface area contributed by atoms with Crippen LogP contribution in [0.1, 0.15) is 34.1 Å². The number of rotatable bonds is 0. The minimum absolute atomic E-state index is 0.147. The monoisotopic (exact) mass is 288 g/mol. The number of alkyl halides is 3. The van der Waals surface area contributed by atoms with Crippen LogP contribution in [-0.4, -0.2) is 21.7 Å². The summed E-state index contributed by atoms with van der Waals surface area (Å²) in [7, 11) is 0. The quantitative estimate of drug-likeness (QED) is 0.506. The van der Waals surface area contributed by atoms with Crippen LogP contribution in [-0.2, 0) is 14.3 Å². The van der Waals surface area contributed by atoms with Crippen molar-refractivity contribution < 1.29 is 14.3 Å². The third-order valence-electron chi connectivity index (χ3n) is 2.94. The Balaban J connectivity index is 2.96. The molecule has 1 aliphatic heterocycles. The third kappa shape index (κ3) is 2.95. The number of hydrogen-bond acceptors (Lipinski definition) is 3. The van der Waals surface area contributed by atoms with E-state index in [1.54, 1.807) is 0 Å². The van der Waals surface area contributed by atoms with Crippen molar-refractivity contribution in [1.29, 1.82) is 0 Å². The normalized spacial score (nSPS) is 32.4. The Hall–Kier alpha value is 0.300. The first-order chi connectivity index (χ1) is 6.96. The average Bonchev–Trinajstić information content (AvgIpc) is 1.98. The van der Waals surface area contributed by atoms with Crippen LogP contribution in [0.3, 0.4) is 0 Å². The Kier molecular flexibility index (Phi) is 3.77. The first kappa shape index (κ1) is 14.4. The average molecular weight is 290 g/mol. The third-order valence-corrected chi connectivity index (χ3v) is 3.48. The van der Waals surface area contributed by atoms with Crippen LogP contribution in [0.2, 0.25) is 0 Å². The van der Waals surface area contributed by atoms with Gasteiger partial charge in [-0.25, -0.2) is 0 Å².